The van der Waals surface area contributed by atoms with E-state index in [4.69, 9.17) is 9.97 Å². The Balaban J connectivity index is 1.92. The molecule has 26 heavy (non-hydrogen) atoms. The Kier molecular flexibility index (Phi) is 3.80. The van der Waals surface area contributed by atoms with Crippen LogP contribution in [0.4, 0.5) is 0 Å². The van der Waals surface area contributed by atoms with E-state index in [0.717, 1.165) is 42.7 Å². The van der Waals surface area contributed by atoms with Crippen LogP contribution in [0.5, 0.6) is 0 Å². The minimum Gasteiger partial charge on any atom is -0.226 e. The van der Waals surface area contributed by atoms with Crippen molar-refractivity contribution in [1.29, 1.82) is 0 Å². The van der Waals surface area contributed by atoms with Gasteiger partial charge in [0, 0.05) is 21.0 Å². The first-order valence-electron chi connectivity index (χ1n) is 8.31. The molecule has 0 N–H and O–H groups in total. The van der Waals surface area contributed by atoms with Crippen LogP contribution >= 0.6 is 27.3 Å². The number of aromatic nitrogens is 2. The van der Waals surface area contributed by atoms with Gasteiger partial charge in [-0.2, -0.15) is 0 Å². The summed E-state index contributed by atoms with van der Waals surface area (Å²) < 4.78 is 3.43. The van der Waals surface area contributed by atoms with E-state index in [1.165, 1.54) is 4.70 Å². The van der Waals surface area contributed by atoms with Gasteiger partial charge >= 0.3 is 0 Å². The van der Waals surface area contributed by atoms with Crippen LogP contribution in [-0.2, 0) is 0 Å². The number of nitrogens with zero attached hydrogens (tertiary/aromatic N) is 2. The molecule has 0 atom stereocenters. The monoisotopic (exact) mass is 416 g/mol. The van der Waals surface area contributed by atoms with E-state index in [1.807, 2.05) is 24.3 Å². The molecule has 0 bridgehead atoms. The summed E-state index contributed by atoms with van der Waals surface area (Å²) in [5.74, 6) is 0.761. The van der Waals surface area contributed by atoms with Crippen LogP contribution in [0.3, 0.4) is 0 Å². The predicted molar refractivity (Wildman–Crippen MR) is 113 cm³/mol. The van der Waals surface area contributed by atoms with Crippen molar-refractivity contribution < 1.29 is 0 Å². The summed E-state index contributed by atoms with van der Waals surface area (Å²) >= 11 is 5.42. The van der Waals surface area contributed by atoms with E-state index in [-0.39, 0.29) is 0 Å². The largest absolute Gasteiger partial charge is 0.226 e. The number of benzene rings is 3. The predicted octanol–water partition coefficient (Wildman–Crippen LogP) is 6.94. The Morgan fingerprint density at radius 2 is 1.35 bits per heavy atom. The number of hydrogen-bond acceptors (Lipinski definition) is 3. The van der Waals surface area contributed by atoms with Gasteiger partial charge in [-0.15, -0.1) is 11.3 Å². The zero-order chi connectivity index (χ0) is 17.5. The molecule has 124 valence electrons. The molecular formula is C22H13BrN2S. The molecular weight excluding hydrogens is 404 g/mol. The first-order chi connectivity index (χ1) is 12.8. The Hall–Kier alpha value is -2.56. The Morgan fingerprint density at radius 3 is 2.08 bits per heavy atom. The second-order valence-corrected chi connectivity index (χ2v) is 7.90. The first-order valence-corrected chi connectivity index (χ1v) is 9.92. The van der Waals surface area contributed by atoms with Gasteiger partial charge in [0.15, 0.2) is 5.82 Å². The molecule has 0 amide bonds. The zero-order valence-corrected chi connectivity index (χ0v) is 16.1. The molecule has 2 heterocycles. The van der Waals surface area contributed by atoms with Gasteiger partial charge in [-0.25, -0.2) is 9.97 Å². The van der Waals surface area contributed by atoms with E-state index in [9.17, 15) is 0 Å². The average Bonchev–Trinajstić information content (AvgIpc) is 3.09. The molecule has 0 aliphatic rings. The lowest BCUT2D eigenvalue weighted by Gasteiger charge is -2.06. The van der Waals surface area contributed by atoms with Gasteiger partial charge in [-0.1, -0.05) is 72.8 Å². The Bertz CT molecular complexity index is 1230. The highest BCUT2D eigenvalue weighted by molar-refractivity contribution is 9.10. The maximum Gasteiger partial charge on any atom is 0.160 e. The van der Waals surface area contributed by atoms with Gasteiger partial charge in [-0.05, 0) is 22.0 Å². The molecule has 4 heteroatoms. The summed E-state index contributed by atoms with van der Waals surface area (Å²) in [6, 6.07) is 26.8. The molecule has 5 rings (SSSR count). The maximum atomic E-state index is 4.95. The summed E-state index contributed by atoms with van der Waals surface area (Å²) in [6.07, 6.45) is 0. The third-order valence-electron chi connectivity index (χ3n) is 4.37. The molecule has 2 aromatic heterocycles. The van der Waals surface area contributed by atoms with E-state index in [2.05, 4.69) is 70.5 Å². The van der Waals surface area contributed by atoms with Gasteiger partial charge in [0.25, 0.3) is 0 Å². The number of thiophene rings is 1. The van der Waals surface area contributed by atoms with Crippen molar-refractivity contribution in [2.75, 3.05) is 0 Å². The highest BCUT2D eigenvalue weighted by atomic mass is 79.9. The van der Waals surface area contributed by atoms with Crippen molar-refractivity contribution in [3.05, 3.63) is 83.3 Å². The fourth-order valence-electron chi connectivity index (χ4n) is 3.14. The molecule has 0 saturated carbocycles. The van der Waals surface area contributed by atoms with Crippen molar-refractivity contribution >= 4 is 47.6 Å². The molecule has 3 aromatic carbocycles. The van der Waals surface area contributed by atoms with Crippen LogP contribution in [-0.4, -0.2) is 9.97 Å². The van der Waals surface area contributed by atoms with Crippen molar-refractivity contribution in [3.63, 3.8) is 0 Å². The lowest BCUT2D eigenvalue weighted by molar-refractivity contribution is 1.24. The van der Waals surface area contributed by atoms with Crippen molar-refractivity contribution in [2.24, 2.45) is 0 Å². The molecule has 2 nitrogen and oxygen atoms in total. The number of halogens is 1. The standard InChI is InChI=1S/C22H13BrN2S/c23-17-13-7-12-16-19-21(26-20(16)17)18(14-8-3-1-4-9-14)24-22(25-19)15-10-5-2-6-11-15/h1-13H. The SMILES string of the molecule is Brc1cccc2c1sc1c(-c3ccccc3)nc(-c3ccccc3)nc12. The fourth-order valence-corrected chi connectivity index (χ4v) is 4.90. The lowest BCUT2D eigenvalue weighted by atomic mass is 10.1. The Morgan fingerprint density at radius 1 is 0.654 bits per heavy atom. The van der Waals surface area contributed by atoms with Crippen LogP contribution < -0.4 is 0 Å². The summed E-state index contributed by atoms with van der Waals surface area (Å²) in [4.78, 5) is 9.89. The molecule has 0 aliphatic heterocycles. The van der Waals surface area contributed by atoms with E-state index < -0.39 is 0 Å². The zero-order valence-electron chi connectivity index (χ0n) is 13.7. The molecule has 0 spiro atoms. The topological polar surface area (TPSA) is 25.8 Å². The summed E-state index contributed by atoms with van der Waals surface area (Å²) in [5.41, 5.74) is 4.14. The van der Waals surface area contributed by atoms with Crippen LogP contribution in [0.2, 0.25) is 0 Å². The fraction of sp³-hybridized carbons (Fsp3) is 0. The third-order valence-corrected chi connectivity index (χ3v) is 6.53. The normalized spacial score (nSPS) is 11.3. The molecule has 0 radical (unpaired) electrons. The van der Waals surface area contributed by atoms with Crippen LogP contribution in [0.15, 0.2) is 83.3 Å². The van der Waals surface area contributed by atoms with E-state index in [0.29, 0.717) is 0 Å². The number of rotatable bonds is 2. The molecule has 0 fully saturated rings. The van der Waals surface area contributed by atoms with Gasteiger partial charge in [0.2, 0.25) is 0 Å². The van der Waals surface area contributed by atoms with Gasteiger partial charge in [0.05, 0.1) is 20.6 Å². The molecule has 0 saturated heterocycles. The molecule has 0 aliphatic carbocycles. The minimum absolute atomic E-state index is 0.761. The van der Waals surface area contributed by atoms with Gasteiger partial charge < -0.3 is 0 Å². The first kappa shape index (κ1) is 15.7. The van der Waals surface area contributed by atoms with E-state index in [1.54, 1.807) is 11.3 Å². The second-order valence-electron chi connectivity index (χ2n) is 6.02. The smallest absolute Gasteiger partial charge is 0.160 e. The van der Waals surface area contributed by atoms with Crippen LogP contribution in [0.25, 0.3) is 42.9 Å². The lowest BCUT2D eigenvalue weighted by Crippen LogP contribution is -1.93. The minimum atomic E-state index is 0.761. The van der Waals surface area contributed by atoms with Gasteiger partial charge in [-0.3, -0.25) is 0 Å². The second kappa shape index (κ2) is 6.31. The number of fused-ring (bicyclic) bond motifs is 3. The average molecular weight is 417 g/mol. The molecule has 5 aromatic rings. The highest BCUT2D eigenvalue weighted by Crippen LogP contribution is 2.41. The number of hydrogen-bond donors (Lipinski definition) is 0. The van der Waals surface area contributed by atoms with Crippen molar-refractivity contribution in [3.8, 4) is 22.6 Å². The summed E-state index contributed by atoms with van der Waals surface area (Å²) in [5, 5.41) is 1.16. The quantitative estimate of drug-likeness (QED) is 0.311. The summed E-state index contributed by atoms with van der Waals surface area (Å²) in [6.45, 7) is 0. The third kappa shape index (κ3) is 2.54. The highest BCUT2D eigenvalue weighted by Gasteiger charge is 2.17. The molecule has 0 unspecified atom stereocenters. The summed E-state index contributed by atoms with van der Waals surface area (Å²) in [7, 11) is 0. The van der Waals surface area contributed by atoms with Crippen molar-refractivity contribution in [1.82, 2.24) is 9.97 Å². The van der Waals surface area contributed by atoms with E-state index >= 15 is 0 Å². The Labute approximate surface area is 163 Å². The maximum absolute atomic E-state index is 4.95. The van der Waals surface area contributed by atoms with Crippen LogP contribution in [0.1, 0.15) is 0 Å². The van der Waals surface area contributed by atoms with Crippen molar-refractivity contribution in [2.45, 2.75) is 0 Å². The van der Waals surface area contributed by atoms with Crippen LogP contribution in [0, 0.1) is 0 Å². The van der Waals surface area contributed by atoms with Gasteiger partial charge in [0.1, 0.15) is 0 Å².